The first kappa shape index (κ1) is 11.3. The molecule has 0 aliphatic heterocycles. The Morgan fingerprint density at radius 3 is 3.13 bits per heavy atom. The highest BCUT2D eigenvalue weighted by Crippen LogP contribution is 1.99. The molecule has 0 radical (unpaired) electrons. The van der Waals surface area contributed by atoms with Gasteiger partial charge in [-0.05, 0) is 6.92 Å². The predicted octanol–water partition coefficient (Wildman–Crippen LogP) is 0.951. The fraction of sp³-hybridized carbons (Fsp3) is 0.400. The van der Waals surface area contributed by atoms with E-state index in [0.717, 1.165) is 5.82 Å². The third-order valence-corrected chi connectivity index (χ3v) is 1.66. The summed E-state index contributed by atoms with van der Waals surface area (Å²) in [5.74, 6) is 0.464. The van der Waals surface area contributed by atoms with Crippen molar-refractivity contribution in [2.75, 3.05) is 18.5 Å². The fourth-order valence-electron chi connectivity index (χ4n) is 1.02. The minimum Gasteiger partial charge on any atom is -0.463 e. The Morgan fingerprint density at radius 1 is 1.73 bits per heavy atom. The van der Waals surface area contributed by atoms with Crippen molar-refractivity contribution in [2.45, 2.75) is 6.92 Å². The van der Waals surface area contributed by atoms with Crippen LogP contribution in [-0.2, 0) is 16.6 Å². The van der Waals surface area contributed by atoms with Gasteiger partial charge >= 0.3 is 5.97 Å². The first-order valence-electron chi connectivity index (χ1n) is 4.79. The molecule has 1 heterocycles. The van der Waals surface area contributed by atoms with E-state index in [0.29, 0.717) is 13.2 Å². The van der Waals surface area contributed by atoms with Crippen LogP contribution >= 0.6 is 0 Å². The lowest BCUT2D eigenvalue weighted by molar-refractivity contribution is -0.137. The van der Waals surface area contributed by atoms with Gasteiger partial charge in [-0.3, -0.25) is 4.68 Å². The number of hydrogen-bond donors (Lipinski definition) is 1. The second-order valence-electron chi connectivity index (χ2n) is 2.91. The molecule has 1 N–H and O–H groups in total. The molecule has 0 saturated heterocycles. The fourth-order valence-corrected chi connectivity index (χ4v) is 1.02. The minimum absolute atomic E-state index is 0.319. The number of rotatable bonds is 5. The second kappa shape index (κ2) is 5.85. The Balaban J connectivity index is 2.24. The highest BCUT2D eigenvalue weighted by molar-refractivity contribution is 5.81. The maximum absolute atomic E-state index is 10.9. The summed E-state index contributed by atoms with van der Waals surface area (Å²) in [4.78, 5) is 10.9. The molecule has 0 saturated carbocycles. The molecule has 0 amide bonds. The van der Waals surface area contributed by atoms with Crippen LogP contribution in [-0.4, -0.2) is 28.9 Å². The van der Waals surface area contributed by atoms with Crippen molar-refractivity contribution in [2.24, 2.45) is 7.05 Å². The Hall–Kier alpha value is -1.78. The van der Waals surface area contributed by atoms with Gasteiger partial charge in [0.05, 0.1) is 6.61 Å². The van der Waals surface area contributed by atoms with Gasteiger partial charge < -0.3 is 10.1 Å². The number of aryl methyl sites for hydroxylation is 1. The molecule has 82 valence electrons. The third kappa shape index (κ3) is 4.30. The Kier molecular flexibility index (Phi) is 4.40. The van der Waals surface area contributed by atoms with Crippen molar-refractivity contribution in [1.29, 1.82) is 0 Å². The molecule has 0 aliphatic rings. The first-order valence-corrected chi connectivity index (χ1v) is 4.79. The summed E-state index contributed by atoms with van der Waals surface area (Å²) in [6.45, 7) is 2.73. The third-order valence-electron chi connectivity index (χ3n) is 1.66. The van der Waals surface area contributed by atoms with Crippen molar-refractivity contribution < 1.29 is 9.53 Å². The van der Waals surface area contributed by atoms with E-state index in [-0.39, 0.29) is 5.97 Å². The van der Waals surface area contributed by atoms with Crippen molar-refractivity contribution in [3.05, 3.63) is 24.4 Å². The molecule has 15 heavy (non-hydrogen) atoms. The predicted molar refractivity (Wildman–Crippen MR) is 57.5 cm³/mol. The van der Waals surface area contributed by atoms with Gasteiger partial charge in [0.15, 0.2) is 0 Å². The van der Waals surface area contributed by atoms with Gasteiger partial charge in [-0.25, -0.2) is 4.79 Å². The summed E-state index contributed by atoms with van der Waals surface area (Å²) < 4.78 is 6.43. The number of esters is 1. The van der Waals surface area contributed by atoms with Gasteiger partial charge in [-0.2, -0.15) is 5.10 Å². The number of anilines is 1. The van der Waals surface area contributed by atoms with E-state index < -0.39 is 0 Å². The van der Waals surface area contributed by atoms with Crippen LogP contribution in [0.15, 0.2) is 24.4 Å². The lowest BCUT2D eigenvalue weighted by Crippen LogP contribution is -2.03. The van der Waals surface area contributed by atoms with Gasteiger partial charge in [-0.15, -0.1) is 0 Å². The van der Waals surface area contributed by atoms with Gasteiger partial charge in [0, 0.05) is 31.9 Å². The second-order valence-corrected chi connectivity index (χ2v) is 2.91. The van der Waals surface area contributed by atoms with Crippen LogP contribution in [0.5, 0.6) is 0 Å². The number of ether oxygens (including phenoxy) is 1. The zero-order chi connectivity index (χ0) is 11.1. The molecule has 0 aromatic carbocycles. The maximum Gasteiger partial charge on any atom is 0.330 e. The first-order chi connectivity index (χ1) is 7.22. The van der Waals surface area contributed by atoms with Crippen LogP contribution in [0.25, 0.3) is 0 Å². The molecule has 1 rings (SSSR count). The van der Waals surface area contributed by atoms with Crippen LogP contribution in [0.2, 0.25) is 0 Å². The minimum atomic E-state index is -0.319. The average molecular weight is 209 g/mol. The van der Waals surface area contributed by atoms with Crippen molar-refractivity contribution >= 4 is 11.8 Å². The van der Waals surface area contributed by atoms with E-state index in [4.69, 9.17) is 4.74 Å². The Labute approximate surface area is 88.7 Å². The van der Waals surface area contributed by atoms with Gasteiger partial charge in [0.25, 0.3) is 0 Å². The van der Waals surface area contributed by atoms with E-state index in [9.17, 15) is 4.79 Å². The molecule has 5 nitrogen and oxygen atoms in total. The standard InChI is InChI=1S/C10H15N3O2/c1-3-15-10(14)5-4-7-11-9-6-8-13(2)12-9/h4-6,8H,3,7H2,1-2H3,(H,11,12)/b5-4+. The lowest BCUT2D eigenvalue weighted by atomic mass is 10.5. The van der Waals surface area contributed by atoms with Crippen molar-refractivity contribution in [3.8, 4) is 0 Å². The largest absolute Gasteiger partial charge is 0.463 e. The monoisotopic (exact) mass is 209 g/mol. The van der Waals surface area contributed by atoms with Crippen molar-refractivity contribution in [1.82, 2.24) is 9.78 Å². The lowest BCUT2D eigenvalue weighted by Gasteiger charge is -1.97. The van der Waals surface area contributed by atoms with E-state index >= 15 is 0 Å². The molecule has 1 aromatic heterocycles. The van der Waals surface area contributed by atoms with Gasteiger partial charge in [-0.1, -0.05) is 6.08 Å². The van der Waals surface area contributed by atoms with Gasteiger partial charge in [0.2, 0.25) is 0 Å². The summed E-state index contributed by atoms with van der Waals surface area (Å²) in [5, 5.41) is 7.16. The number of carbonyl (C=O) groups excluding carboxylic acids is 1. The summed E-state index contributed by atoms with van der Waals surface area (Å²) in [6, 6.07) is 1.86. The van der Waals surface area contributed by atoms with E-state index in [2.05, 4.69) is 10.4 Å². The SMILES string of the molecule is CCOC(=O)/C=C/CNc1ccn(C)n1. The maximum atomic E-state index is 10.9. The molecule has 0 atom stereocenters. The van der Waals surface area contributed by atoms with E-state index in [1.807, 2.05) is 19.3 Å². The van der Waals surface area contributed by atoms with Crippen LogP contribution in [0.3, 0.4) is 0 Å². The summed E-state index contributed by atoms with van der Waals surface area (Å²) in [6.07, 6.45) is 4.95. The summed E-state index contributed by atoms with van der Waals surface area (Å²) in [5.41, 5.74) is 0. The molecular weight excluding hydrogens is 194 g/mol. The van der Waals surface area contributed by atoms with Crippen molar-refractivity contribution in [3.63, 3.8) is 0 Å². The Bertz CT molecular complexity index is 344. The normalized spacial score (nSPS) is 10.5. The zero-order valence-electron chi connectivity index (χ0n) is 8.93. The molecule has 0 fully saturated rings. The molecule has 0 unspecified atom stereocenters. The number of nitrogens with zero attached hydrogens (tertiary/aromatic N) is 2. The van der Waals surface area contributed by atoms with Crippen LogP contribution in [0.4, 0.5) is 5.82 Å². The Morgan fingerprint density at radius 2 is 2.53 bits per heavy atom. The molecule has 0 aliphatic carbocycles. The van der Waals surface area contributed by atoms with Crippen LogP contribution in [0.1, 0.15) is 6.92 Å². The molecule has 0 bridgehead atoms. The number of carbonyl (C=O) groups is 1. The molecule has 0 spiro atoms. The van der Waals surface area contributed by atoms with E-state index in [1.54, 1.807) is 17.7 Å². The molecule has 1 aromatic rings. The van der Waals surface area contributed by atoms with Crippen LogP contribution in [0, 0.1) is 0 Å². The summed E-state index contributed by atoms with van der Waals surface area (Å²) in [7, 11) is 1.85. The average Bonchev–Trinajstić information content (AvgIpc) is 2.60. The number of hydrogen-bond acceptors (Lipinski definition) is 4. The topological polar surface area (TPSA) is 56.1 Å². The van der Waals surface area contributed by atoms with E-state index in [1.165, 1.54) is 6.08 Å². The zero-order valence-corrected chi connectivity index (χ0v) is 8.93. The highest BCUT2D eigenvalue weighted by Gasteiger charge is 1.94. The number of nitrogens with one attached hydrogen (secondary N) is 1. The smallest absolute Gasteiger partial charge is 0.330 e. The summed E-state index contributed by atoms with van der Waals surface area (Å²) >= 11 is 0. The molecular formula is C10H15N3O2. The van der Waals surface area contributed by atoms with Gasteiger partial charge in [0.1, 0.15) is 5.82 Å². The van der Waals surface area contributed by atoms with Crippen LogP contribution < -0.4 is 5.32 Å². The number of aromatic nitrogens is 2. The molecule has 5 heteroatoms. The highest BCUT2D eigenvalue weighted by atomic mass is 16.5. The quantitative estimate of drug-likeness (QED) is 0.579.